The summed E-state index contributed by atoms with van der Waals surface area (Å²) >= 11 is 0. The molecule has 86 valence electrons. The molecule has 1 unspecified atom stereocenters. The fraction of sp³-hybridized carbons (Fsp3) is 1.00. The standard InChI is InChI=1S/C12H27NO/c1-5-6-7-8-9-12(4,10-13)14-11(2)3/h11H,5-10,13H2,1-4H3. The predicted molar refractivity (Wildman–Crippen MR) is 62.4 cm³/mol. The van der Waals surface area contributed by atoms with Crippen molar-refractivity contribution in [3.05, 3.63) is 0 Å². The number of hydrogen-bond acceptors (Lipinski definition) is 2. The van der Waals surface area contributed by atoms with Crippen molar-refractivity contribution in [1.82, 2.24) is 0 Å². The van der Waals surface area contributed by atoms with E-state index >= 15 is 0 Å². The van der Waals surface area contributed by atoms with Crippen molar-refractivity contribution in [3.8, 4) is 0 Å². The molecule has 0 heterocycles. The Hall–Kier alpha value is -0.0800. The first-order valence-corrected chi connectivity index (χ1v) is 5.92. The first-order valence-electron chi connectivity index (χ1n) is 5.92. The van der Waals surface area contributed by atoms with E-state index in [0.29, 0.717) is 6.54 Å². The summed E-state index contributed by atoms with van der Waals surface area (Å²) in [5.74, 6) is 0. The number of ether oxygens (including phenoxy) is 1. The molecule has 0 aliphatic heterocycles. The van der Waals surface area contributed by atoms with Gasteiger partial charge in [0.05, 0.1) is 11.7 Å². The first-order chi connectivity index (χ1) is 6.54. The predicted octanol–water partition coefficient (Wildman–Crippen LogP) is 3.10. The number of hydrogen-bond donors (Lipinski definition) is 1. The van der Waals surface area contributed by atoms with Crippen LogP contribution in [0.1, 0.15) is 59.8 Å². The fourth-order valence-corrected chi connectivity index (χ4v) is 1.70. The van der Waals surface area contributed by atoms with E-state index in [2.05, 4.69) is 27.7 Å². The van der Waals surface area contributed by atoms with Gasteiger partial charge in [0.15, 0.2) is 0 Å². The quantitative estimate of drug-likeness (QED) is 0.612. The molecule has 0 saturated carbocycles. The van der Waals surface area contributed by atoms with Crippen LogP contribution in [0.15, 0.2) is 0 Å². The van der Waals surface area contributed by atoms with Gasteiger partial charge in [-0.15, -0.1) is 0 Å². The fourth-order valence-electron chi connectivity index (χ4n) is 1.70. The van der Waals surface area contributed by atoms with Crippen LogP contribution in [0.5, 0.6) is 0 Å². The molecule has 0 aromatic rings. The molecule has 0 rings (SSSR count). The molecule has 2 nitrogen and oxygen atoms in total. The molecule has 0 bridgehead atoms. The second-order valence-electron chi connectivity index (χ2n) is 4.63. The Labute approximate surface area is 89.2 Å². The average Bonchev–Trinajstić information content (AvgIpc) is 2.11. The monoisotopic (exact) mass is 201 g/mol. The second-order valence-corrected chi connectivity index (χ2v) is 4.63. The molecule has 0 aromatic carbocycles. The summed E-state index contributed by atoms with van der Waals surface area (Å²) < 4.78 is 5.84. The lowest BCUT2D eigenvalue weighted by molar-refractivity contribution is -0.0677. The van der Waals surface area contributed by atoms with Crippen LogP contribution in [0.3, 0.4) is 0 Å². The van der Waals surface area contributed by atoms with Crippen LogP contribution in [0.4, 0.5) is 0 Å². The van der Waals surface area contributed by atoms with E-state index in [9.17, 15) is 0 Å². The summed E-state index contributed by atoms with van der Waals surface area (Å²) in [7, 11) is 0. The third-order valence-corrected chi connectivity index (χ3v) is 2.51. The number of unbranched alkanes of at least 4 members (excludes halogenated alkanes) is 3. The van der Waals surface area contributed by atoms with Gasteiger partial charge in [0.1, 0.15) is 0 Å². The van der Waals surface area contributed by atoms with Gasteiger partial charge in [-0.1, -0.05) is 32.6 Å². The molecule has 0 radical (unpaired) electrons. The molecular weight excluding hydrogens is 174 g/mol. The van der Waals surface area contributed by atoms with E-state index in [1.807, 2.05) is 0 Å². The highest BCUT2D eigenvalue weighted by Crippen LogP contribution is 2.20. The summed E-state index contributed by atoms with van der Waals surface area (Å²) in [6.45, 7) is 9.11. The van der Waals surface area contributed by atoms with Crippen LogP contribution in [0, 0.1) is 0 Å². The lowest BCUT2D eigenvalue weighted by Crippen LogP contribution is -2.39. The summed E-state index contributed by atoms with van der Waals surface area (Å²) in [5, 5.41) is 0. The molecule has 2 N–H and O–H groups in total. The summed E-state index contributed by atoms with van der Waals surface area (Å²) in [6, 6.07) is 0. The normalized spacial score (nSPS) is 15.9. The molecule has 0 amide bonds. The second kappa shape index (κ2) is 7.24. The third-order valence-electron chi connectivity index (χ3n) is 2.51. The Kier molecular flexibility index (Phi) is 7.20. The Balaban J connectivity index is 3.75. The van der Waals surface area contributed by atoms with Gasteiger partial charge in [0, 0.05) is 6.54 Å². The average molecular weight is 201 g/mol. The van der Waals surface area contributed by atoms with Gasteiger partial charge in [0.25, 0.3) is 0 Å². The van der Waals surface area contributed by atoms with Crippen LogP contribution >= 0.6 is 0 Å². The van der Waals surface area contributed by atoms with Gasteiger partial charge in [0.2, 0.25) is 0 Å². The van der Waals surface area contributed by atoms with Crippen molar-refractivity contribution < 1.29 is 4.74 Å². The summed E-state index contributed by atoms with van der Waals surface area (Å²) in [5.41, 5.74) is 5.64. The highest BCUT2D eigenvalue weighted by Gasteiger charge is 2.23. The van der Waals surface area contributed by atoms with Gasteiger partial charge in [-0.2, -0.15) is 0 Å². The molecular formula is C12H27NO. The minimum Gasteiger partial charge on any atom is -0.371 e. The Morgan fingerprint density at radius 3 is 2.29 bits per heavy atom. The molecule has 2 heteroatoms. The zero-order valence-corrected chi connectivity index (χ0v) is 10.3. The van der Waals surface area contributed by atoms with E-state index in [1.54, 1.807) is 0 Å². The smallest absolute Gasteiger partial charge is 0.0779 e. The molecule has 0 saturated heterocycles. The van der Waals surface area contributed by atoms with Crippen molar-refractivity contribution in [2.45, 2.75) is 71.5 Å². The van der Waals surface area contributed by atoms with Crippen LogP contribution in [0.25, 0.3) is 0 Å². The van der Waals surface area contributed by atoms with Gasteiger partial charge in [-0.05, 0) is 27.2 Å². The highest BCUT2D eigenvalue weighted by molar-refractivity contribution is 4.76. The van der Waals surface area contributed by atoms with Gasteiger partial charge in [-0.25, -0.2) is 0 Å². The van der Waals surface area contributed by atoms with Gasteiger partial charge < -0.3 is 10.5 Å². The third kappa shape index (κ3) is 6.39. The lowest BCUT2D eigenvalue weighted by Gasteiger charge is -2.30. The lowest BCUT2D eigenvalue weighted by atomic mass is 9.97. The van der Waals surface area contributed by atoms with Crippen LogP contribution in [0.2, 0.25) is 0 Å². The minimum absolute atomic E-state index is 0.109. The maximum atomic E-state index is 5.84. The zero-order valence-electron chi connectivity index (χ0n) is 10.3. The highest BCUT2D eigenvalue weighted by atomic mass is 16.5. The molecule has 1 atom stereocenters. The van der Waals surface area contributed by atoms with E-state index < -0.39 is 0 Å². The number of nitrogens with two attached hydrogens (primary N) is 1. The zero-order chi connectivity index (χ0) is 11.0. The Morgan fingerprint density at radius 2 is 1.86 bits per heavy atom. The van der Waals surface area contributed by atoms with Crippen molar-refractivity contribution in [2.24, 2.45) is 5.73 Å². The molecule has 0 aliphatic carbocycles. The minimum atomic E-state index is -0.109. The number of rotatable bonds is 8. The van der Waals surface area contributed by atoms with E-state index in [4.69, 9.17) is 10.5 Å². The maximum absolute atomic E-state index is 5.84. The van der Waals surface area contributed by atoms with E-state index in [1.165, 1.54) is 25.7 Å². The molecule has 0 spiro atoms. The summed E-state index contributed by atoms with van der Waals surface area (Å²) in [4.78, 5) is 0. The van der Waals surface area contributed by atoms with Gasteiger partial charge in [-0.3, -0.25) is 0 Å². The van der Waals surface area contributed by atoms with Crippen LogP contribution in [-0.2, 0) is 4.74 Å². The molecule has 0 aromatic heterocycles. The summed E-state index contributed by atoms with van der Waals surface area (Å²) in [6.07, 6.45) is 6.49. The van der Waals surface area contributed by atoms with Crippen LogP contribution < -0.4 is 5.73 Å². The van der Waals surface area contributed by atoms with Crippen molar-refractivity contribution in [3.63, 3.8) is 0 Å². The molecule has 0 fully saturated rings. The van der Waals surface area contributed by atoms with Crippen molar-refractivity contribution in [1.29, 1.82) is 0 Å². The van der Waals surface area contributed by atoms with Crippen molar-refractivity contribution >= 4 is 0 Å². The topological polar surface area (TPSA) is 35.2 Å². The molecule has 14 heavy (non-hydrogen) atoms. The van der Waals surface area contributed by atoms with E-state index in [0.717, 1.165) is 6.42 Å². The van der Waals surface area contributed by atoms with Crippen LogP contribution in [-0.4, -0.2) is 18.2 Å². The maximum Gasteiger partial charge on any atom is 0.0779 e. The van der Waals surface area contributed by atoms with E-state index in [-0.39, 0.29) is 11.7 Å². The van der Waals surface area contributed by atoms with Gasteiger partial charge >= 0.3 is 0 Å². The molecule has 0 aliphatic rings. The largest absolute Gasteiger partial charge is 0.371 e. The van der Waals surface area contributed by atoms with Crippen molar-refractivity contribution in [2.75, 3.05) is 6.54 Å². The first kappa shape index (κ1) is 13.9. The Bertz CT molecular complexity index is 136. The SMILES string of the molecule is CCCCCCC(C)(CN)OC(C)C. The Morgan fingerprint density at radius 1 is 1.21 bits per heavy atom.